The molecule has 0 unspecified atom stereocenters. The van der Waals surface area contributed by atoms with E-state index in [0.29, 0.717) is 6.54 Å². The van der Waals surface area contributed by atoms with Crippen LogP contribution in [0.3, 0.4) is 0 Å². The van der Waals surface area contributed by atoms with Crippen molar-refractivity contribution in [3.8, 4) is 11.6 Å². The second-order valence-corrected chi connectivity index (χ2v) is 7.10. The summed E-state index contributed by atoms with van der Waals surface area (Å²) in [5.74, 6) is -0.493. The van der Waals surface area contributed by atoms with Crippen LogP contribution in [-0.2, 0) is 12.6 Å². The Morgan fingerprint density at radius 3 is 2.66 bits per heavy atom. The molecule has 0 spiro atoms. The third-order valence-electron chi connectivity index (χ3n) is 4.95. The van der Waals surface area contributed by atoms with E-state index in [1.165, 1.54) is 12.1 Å². The van der Waals surface area contributed by atoms with Gasteiger partial charge in [0.1, 0.15) is 0 Å². The van der Waals surface area contributed by atoms with E-state index in [2.05, 4.69) is 10.3 Å². The van der Waals surface area contributed by atoms with Crippen LogP contribution in [0, 0.1) is 4.77 Å². The van der Waals surface area contributed by atoms with E-state index < -0.39 is 29.2 Å². The summed E-state index contributed by atoms with van der Waals surface area (Å²) in [6, 6.07) is 11.3. The van der Waals surface area contributed by atoms with Crippen molar-refractivity contribution < 1.29 is 18.3 Å². The lowest BCUT2D eigenvalue weighted by Crippen LogP contribution is -2.35. The van der Waals surface area contributed by atoms with Gasteiger partial charge in [-0.2, -0.15) is 13.2 Å². The maximum Gasteiger partial charge on any atom is 0.416 e. The highest BCUT2D eigenvalue weighted by molar-refractivity contribution is 7.71. The molecular formula is C20H16F3N3O2S. The van der Waals surface area contributed by atoms with Gasteiger partial charge < -0.3 is 10.4 Å². The van der Waals surface area contributed by atoms with Gasteiger partial charge in [-0.05, 0) is 48.0 Å². The normalized spacial score (nSPS) is 16.4. The van der Waals surface area contributed by atoms with Crippen molar-refractivity contribution in [2.75, 3.05) is 6.54 Å². The van der Waals surface area contributed by atoms with Gasteiger partial charge in [-0.3, -0.25) is 14.3 Å². The van der Waals surface area contributed by atoms with Crippen LogP contribution in [0.15, 0.2) is 53.3 Å². The van der Waals surface area contributed by atoms with E-state index in [4.69, 9.17) is 12.2 Å². The molecule has 2 aromatic carbocycles. The van der Waals surface area contributed by atoms with Crippen LogP contribution in [0.25, 0.3) is 5.69 Å². The van der Waals surface area contributed by atoms with Gasteiger partial charge in [-0.1, -0.05) is 30.3 Å². The lowest BCUT2D eigenvalue weighted by Gasteiger charge is -2.27. The summed E-state index contributed by atoms with van der Waals surface area (Å²) in [5, 5.41) is 14.1. The fraction of sp³-hybridized carbons (Fsp3) is 0.200. The molecule has 1 aromatic heterocycles. The molecule has 1 atom stereocenters. The predicted molar refractivity (Wildman–Crippen MR) is 104 cm³/mol. The number of aromatic nitrogens is 2. The van der Waals surface area contributed by atoms with Gasteiger partial charge in [0.05, 0.1) is 22.9 Å². The molecule has 0 saturated heterocycles. The molecule has 0 radical (unpaired) electrons. The molecular weight excluding hydrogens is 403 g/mol. The standard InChI is InChI=1S/C20H16F3N3O2S/c21-20(22,23)12-5-3-6-13(10-12)26-18(28)15(17(27)25-19(26)29)16-14-7-2-1-4-11(14)8-9-24-16/h1-7,10,16,24,28H,8-9H2,(H,25,27,29)/t16-/m0/s1. The largest absolute Gasteiger partial charge is 0.494 e. The highest BCUT2D eigenvalue weighted by atomic mass is 32.1. The fourth-order valence-corrected chi connectivity index (χ4v) is 3.91. The maximum absolute atomic E-state index is 13.1. The molecule has 3 aromatic rings. The van der Waals surface area contributed by atoms with Gasteiger partial charge in [0.15, 0.2) is 4.77 Å². The molecule has 0 saturated carbocycles. The number of hydrogen-bond donors (Lipinski definition) is 3. The first-order chi connectivity index (χ1) is 13.8. The Morgan fingerprint density at radius 2 is 1.90 bits per heavy atom. The van der Waals surface area contributed by atoms with Crippen LogP contribution in [0.5, 0.6) is 5.88 Å². The number of fused-ring (bicyclic) bond motifs is 1. The van der Waals surface area contributed by atoms with Gasteiger partial charge in [-0.25, -0.2) is 0 Å². The highest BCUT2D eigenvalue weighted by Gasteiger charge is 2.32. The Labute approximate surface area is 168 Å². The third kappa shape index (κ3) is 3.47. The first kappa shape index (κ1) is 19.4. The van der Waals surface area contributed by atoms with Crippen LogP contribution in [-0.4, -0.2) is 21.2 Å². The summed E-state index contributed by atoms with van der Waals surface area (Å²) < 4.78 is 40.2. The fourth-order valence-electron chi connectivity index (χ4n) is 3.62. The zero-order valence-corrected chi connectivity index (χ0v) is 15.8. The summed E-state index contributed by atoms with van der Waals surface area (Å²) in [6.45, 7) is 0.583. The van der Waals surface area contributed by atoms with Gasteiger partial charge in [0.2, 0.25) is 5.88 Å². The third-order valence-corrected chi connectivity index (χ3v) is 5.23. The van der Waals surface area contributed by atoms with Crippen LogP contribution in [0.4, 0.5) is 13.2 Å². The molecule has 4 rings (SSSR count). The molecule has 1 aliphatic heterocycles. The van der Waals surface area contributed by atoms with Crippen LogP contribution >= 0.6 is 12.2 Å². The SMILES string of the molecule is O=c1[nH]c(=S)n(-c2cccc(C(F)(F)F)c2)c(O)c1[C@H]1NCCc2ccccc21. The second-order valence-electron chi connectivity index (χ2n) is 6.72. The average Bonchev–Trinajstić information content (AvgIpc) is 2.67. The Bertz CT molecular complexity index is 1200. The van der Waals surface area contributed by atoms with E-state index in [0.717, 1.165) is 34.2 Å². The molecule has 1 aliphatic rings. The molecule has 5 nitrogen and oxygen atoms in total. The Morgan fingerprint density at radius 1 is 1.14 bits per heavy atom. The Hall–Kier alpha value is -2.91. The van der Waals surface area contributed by atoms with Crippen LogP contribution < -0.4 is 10.9 Å². The summed E-state index contributed by atoms with van der Waals surface area (Å²) in [5.41, 5.74) is 0.387. The van der Waals surface area contributed by atoms with Crippen LogP contribution in [0.1, 0.15) is 28.3 Å². The average molecular weight is 419 g/mol. The lowest BCUT2D eigenvalue weighted by atomic mass is 9.90. The number of halogens is 3. The smallest absolute Gasteiger partial charge is 0.416 e. The number of hydrogen-bond acceptors (Lipinski definition) is 4. The van der Waals surface area contributed by atoms with E-state index in [-0.39, 0.29) is 16.0 Å². The summed E-state index contributed by atoms with van der Waals surface area (Å²) in [7, 11) is 0. The number of aromatic amines is 1. The predicted octanol–water partition coefficient (Wildman–Crippen LogP) is 3.85. The number of nitrogens with one attached hydrogen (secondary N) is 2. The molecule has 3 N–H and O–H groups in total. The summed E-state index contributed by atoms with van der Waals surface area (Å²) in [6.07, 6.45) is -3.79. The highest BCUT2D eigenvalue weighted by Crippen LogP contribution is 2.34. The Balaban J connectivity index is 1.93. The van der Waals surface area contributed by atoms with Crippen molar-refractivity contribution >= 4 is 12.2 Å². The van der Waals surface area contributed by atoms with Crippen molar-refractivity contribution in [3.05, 3.63) is 85.9 Å². The number of rotatable bonds is 2. The molecule has 0 fully saturated rings. The van der Waals surface area contributed by atoms with Gasteiger partial charge in [0.25, 0.3) is 5.56 Å². The van der Waals surface area contributed by atoms with E-state index in [1.807, 2.05) is 24.3 Å². The topological polar surface area (TPSA) is 70.0 Å². The number of nitrogens with zero attached hydrogens (tertiary/aromatic N) is 1. The minimum atomic E-state index is -4.55. The van der Waals surface area contributed by atoms with Crippen molar-refractivity contribution in [1.82, 2.24) is 14.9 Å². The van der Waals surface area contributed by atoms with Crippen LogP contribution in [0.2, 0.25) is 0 Å². The monoisotopic (exact) mass is 419 g/mol. The zero-order valence-electron chi connectivity index (χ0n) is 15.0. The van der Waals surface area contributed by atoms with Gasteiger partial charge in [0, 0.05) is 6.54 Å². The molecule has 0 amide bonds. The van der Waals surface area contributed by atoms with Crippen molar-refractivity contribution in [1.29, 1.82) is 0 Å². The van der Waals surface area contributed by atoms with E-state index >= 15 is 0 Å². The van der Waals surface area contributed by atoms with Gasteiger partial charge in [-0.15, -0.1) is 0 Å². The van der Waals surface area contributed by atoms with Crippen molar-refractivity contribution in [2.45, 2.75) is 18.6 Å². The first-order valence-corrected chi connectivity index (χ1v) is 9.25. The van der Waals surface area contributed by atoms with Crippen molar-refractivity contribution in [2.24, 2.45) is 0 Å². The van der Waals surface area contributed by atoms with E-state index in [1.54, 1.807) is 0 Å². The maximum atomic E-state index is 13.1. The minimum absolute atomic E-state index is 0.00293. The lowest BCUT2D eigenvalue weighted by molar-refractivity contribution is -0.137. The first-order valence-electron chi connectivity index (χ1n) is 8.84. The molecule has 0 aliphatic carbocycles. The Kier molecular flexibility index (Phi) is 4.79. The minimum Gasteiger partial charge on any atom is -0.494 e. The number of alkyl halides is 3. The molecule has 0 bridgehead atoms. The quantitative estimate of drug-likeness (QED) is 0.552. The number of H-pyrrole nitrogens is 1. The molecule has 29 heavy (non-hydrogen) atoms. The van der Waals surface area contributed by atoms with Gasteiger partial charge >= 0.3 is 6.18 Å². The number of aromatic hydroxyl groups is 1. The van der Waals surface area contributed by atoms with Crippen molar-refractivity contribution in [3.63, 3.8) is 0 Å². The summed E-state index contributed by atoms with van der Waals surface area (Å²) in [4.78, 5) is 15.1. The second kappa shape index (κ2) is 7.16. The van der Waals surface area contributed by atoms with E-state index in [9.17, 15) is 23.1 Å². The molecule has 150 valence electrons. The molecule has 2 heterocycles. The zero-order chi connectivity index (χ0) is 20.8. The summed E-state index contributed by atoms with van der Waals surface area (Å²) >= 11 is 5.13. The number of benzene rings is 2. The molecule has 9 heteroatoms.